The van der Waals surface area contributed by atoms with Crippen molar-refractivity contribution in [3.8, 4) is 0 Å². The number of aromatic nitrogens is 1. The lowest BCUT2D eigenvalue weighted by atomic mass is 10.0. The van der Waals surface area contributed by atoms with Crippen molar-refractivity contribution in [1.82, 2.24) is 9.29 Å². The summed E-state index contributed by atoms with van der Waals surface area (Å²) in [5, 5.41) is 2.96. The average Bonchev–Trinajstić information content (AvgIpc) is 3.17. The minimum Gasteiger partial charge on any atom is -0.294 e. The zero-order chi connectivity index (χ0) is 24.4. The molecule has 0 aliphatic rings. The van der Waals surface area contributed by atoms with Crippen LogP contribution in [0.15, 0.2) is 94.6 Å². The standard InChI is InChI=1S/C27H23ClN2O3S2/c28-24-13-4-2-8-21(24)18-30-25-15-14-22(17-26(25)34-27(30)31)35(32,33)29-16-6-11-20-10-5-9-19-7-1-3-12-23(19)20/h1-5,7-10,12-15,17,29H,6,11,16,18H2. The zero-order valence-corrected chi connectivity index (χ0v) is 21.2. The first-order valence-corrected chi connectivity index (χ1v) is 13.9. The van der Waals surface area contributed by atoms with Gasteiger partial charge >= 0.3 is 4.87 Å². The number of benzene rings is 4. The van der Waals surface area contributed by atoms with E-state index in [4.69, 9.17) is 11.6 Å². The summed E-state index contributed by atoms with van der Waals surface area (Å²) >= 11 is 7.29. The number of nitrogens with zero attached hydrogens (tertiary/aromatic N) is 1. The molecule has 1 aromatic heterocycles. The Hall–Kier alpha value is -2.97. The topological polar surface area (TPSA) is 68.2 Å². The van der Waals surface area contributed by atoms with Crippen LogP contribution in [-0.2, 0) is 23.0 Å². The van der Waals surface area contributed by atoms with Gasteiger partial charge in [-0.05, 0) is 59.0 Å². The molecule has 1 heterocycles. The molecule has 0 bridgehead atoms. The number of sulfonamides is 1. The van der Waals surface area contributed by atoms with Crippen LogP contribution < -0.4 is 9.60 Å². The Kier molecular flexibility index (Phi) is 6.75. The maximum absolute atomic E-state index is 12.9. The van der Waals surface area contributed by atoms with Gasteiger partial charge in [-0.1, -0.05) is 83.6 Å². The van der Waals surface area contributed by atoms with Gasteiger partial charge < -0.3 is 0 Å². The number of thiazole rings is 1. The lowest BCUT2D eigenvalue weighted by Gasteiger charge is -2.09. The van der Waals surface area contributed by atoms with Gasteiger partial charge in [-0.2, -0.15) is 0 Å². The van der Waals surface area contributed by atoms with Crippen molar-refractivity contribution in [2.45, 2.75) is 24.3 Å². The summed E-state index contributed by atoms with van der Waals surface area (Å²) in [6, 6.07) is 26.6. The Morgan fingerprint density at radius 2 is 1.63 bits per heavy atom. The quantitative estimate of drug-likeness (QED) is 0.261. The van der Waals surface area contributed by atoms with Crippen molar-refractivity contribution in [1.29, 1.82) is 0 Å². The van der Waals surface area contributed by atoms with E-state index >= 15 is 0 Å². The SMILES string of the molecule is O=c1sc2cc(S(=O)(=O)NCCCc3cccc4ccccc34)ccc2n1Cc1ccccc1Cl. The van der Waals surface area contributed by atoms with Crippen LogP contribution in [-0.4, -0.2) is 19.5 Å². The number of fused-ring (bicyclic) bond motifs is 2. The highest BCUT2D eigenvalue weighted by Gasteiger charge is 2.17. The van der Waals surface area contributed by atoms with Crippen molar-refractivity contribution in [2.75, 3.05) is 6.54 Å². The first kappa shape index (κ1) is 23.8. The molecule has 0 amide bonds. The van der Waals surface area contributed by atoms with E-state index in [1.54, 1.807) is 28.8 Å². The summed E-state index contributed by atoms with van der Waals surface area (Å²) in [5.74, 6) is 0. The number of nitrogens with one attached hydrogen (secondary N) is 1. The number of hydrogen-bond donors (Lipinski definition) is 1. The van der Waals surface area contributed by atoms with E-state index in [0.29, 0.717) is 34.7 Å². The van der Waals surface area contributed by atoms with Gasteiger partial charge in [-0.25, -0.2) is 13.1 Å². The predicted molar refractivity (Wildman–Crippen MR) is 144 cm³/mol. The van der Waals surface area contributed by atoms with Gasteiger partial charge in [0, 0.05) is 11.6 Å². The first-order valence-electron chi connectivity index (χ1n) is 11.3. The highest BCUT2D eigenvalue weighted by Crippen LogP contribution is 2.24. The summed E-state index contributed by atoms with van der Waals surface area (Å²) < 4.78 is 30.8. The van der Waals surface area contributed by atoms with Crippen molar-refractivity contribution in [3.05, 3.63) is 111 Å². The van der Waals surface area contributed by atoms with Gasteiger partial charge in [-0.15, -0.1) is 0 Å². The molecule has 0 aliphatic carbocycles. The lowest BCUT2D eigenvalue weighted by molar-refractivity contribution is 0.579. The molecule has 5 aromatic rings. The molecule has 0 fully saturated rings. The average molecular weight is 523 g/mol. The molecule has 5 nitrogen and oxygen atoms in total. The van der Waals surface area contributed by atoms with Crippen LogP contribution in [0.2, 0.25) is 5.02 Å². The van der Waals surface area contributed by atoms with E-state index in [9.17, 15) is 13.2 Å². The van der Waals surface area contributed by atoms with Gasteiger partial charge in [0.2, 0.25) is 10.0 Å². The first-order chi connectivity index (χ1) is 16.9. The summed E-state index contributed by atoms with van der Waals surface area (Å²) in [4.78, 5) is 12.6. The molecule has 0 saturated heterocycles. The predicted octanol–water partition coefficient (Wildman–Crippen LogP) is 5.83. The van der Waals surface area contributed by atoms with Crippen molar-refractivity contribution in [2.24, 2.45) is 0 Å². The van der Waals surface area contributed by atoms with Gasteiger partial charge in [0.1, 0.15) is 0 Å². The Balaban J connectivity index is 1.29. The molecule has 0 radical (unpaired) electrons. The van der Waals surface area contributed by atoms with E-state index in [2.05, 4.69) is 29.0 Å². The normalized spacial score (nSPS) is 11.9. The molecular weight excluding hydrogens is 500 g/mol. The van der Waals surface area contributed by atoms with Crippen LogP contribution in [0.1, 0.15) is 17.5 Å². The minimum atomic E-state index is -3.69. The molecule has 8 heteroatoms. The number of hydrogen-bond acceptors (Lipinski definition) is 4. The molecule has 0 saturated carbocycles. The van der Waals surface area contributed by atoms with Gasteiger partial charge in [0.05, 0.1) is 21.7 Å². The second-order valence-electron chi connectivity index (χ2n) is 8.31. The molecule has 0 spiro atoms. The highest BCUT2D eigenvalue weighted by molar-refractivity contribution is 7.89. The highest BCUT2D eigenvalue weighted by atomic mass is 35.5. The fourth-order valence-electron chi connectivity index (χ4n) is 4.24. The van der Waals surface area contributed by atoms with Crippen molar-refractivity contribution >= 4 is 54.0 Å². The Bertz CT molecular complexity index is 1680. The Labute approximate surface area is 212 Å². The fourth-order valence-corrected chi connectivity index (χ4v) is 6.54. The molecule has 178 valence electrons. The molecule has 5 rings (SSSR count). The third-order valence-electron chi connectivity index (χ3n) is 6.03. The van der Waals surface area contributed by atoms with Gasteiger partial charge in [-0.3, -0.25) is 9.36 Å². The molecular formula is C27H23ClN2O3S2. The zero-order valence-electron chi connectivity index (χ0n) is 18.8. The number of rotatable bonds is 8. The largest absolute Gasteiger partial charge is 0.308 e. The van der Waals surface area contributed by atoms with Crippen LogP contribution in [0.4, 0.5) is 0 Å². The molecule has 0 unspecified atom stereocenters. The van der Waals surface area contributed by atoms with E-state index < -0.39 is 10.0 Å². The maximum Gasteiger partial charge on any atom is 0.308 e. The van der Waals surface area contributed by atoms with Crippen LogP contribution in [0, 0.1) is 0 Å². The smallest absolute Gasteiger partial charge is 0.294 e. The molecule has 1 N–H and O–H groups in total. The molecule has 4 aromatic carbocycles. The second kappa shape index (κ2) is 9.95. The summed E-state index contributed by atoms with van der Waals surface area (Å²) in [5.41, 5.74) is 2.73. The fraction of sp³-hybridized carbons (Fsp3) is 0.148. The third kappa shape index (κ3) is 5.04. The van der Waals surface area contributed by atoms with E-state index in [0.717, 1.165) is 23.3 Å². The van der Waals surface area contributed by atoms with E-state index in [1.165, 1.54) is 16.3 Å². The molecule has 35 heavy (non-hydrogen) atoms. The van der Waals surface area contributed by atoms with Crippen molar-refractivity contribution in [3.63, 3.8) is 0 Å². The monoisotopic (exact) mass is 522 g/mol. The summed E-state index contributed by atoms with van der Waals surface area (Å²) in [6.07, 6.45) is 1.45. The van der Waals surface area contributed by atoms with Crippen molar-refractivity contribution < 1.29 is 8.42 Å². The summed E-state index contributed by atoms with van der Waals surface area (Å²) in [6.45, 7) is 0.657. The van der Waals surface area contributed by atoms with Crippen LogP contribution in [0.25, 0.3) is 21.0 Å². The van der Waals surface area contributed by atoms with E-state index in [1.807, 2.05) is 36.4 Å². The Morgan fingerprint density at radius 3 is 2.49 bits per heavy atom. The minimum absolute atomic E-state index is 0.154. The molecule has 0 aliphatic heterocycles. The van der Waals surface area contributed by atoms with Crippen LogP contribution in [0.5, 0.6) is 0 Å². The third-order valence-corrected chi connectivity index (χ3v) is 8.80. The maximum atomic E-state index is 12.9. The van der Waals surface area contributed by atoms with Crippen LogP contribution >= 0.6 is 22.9 Å². The second-order valence-corrected chi connectivity index (χ2v) is 11.5. The number of aryl methyl sites for hydroxylation is 1. The van der Waals surface area contributed by atoms with E-state index in [-0.39, 0.29) is 9.77 Å². The Morgan fingerprint density at radius 1 is 0.886 bits per heavy atom. The number of halogens is 1. The van der Waals surface area contributed by atoms with Gasteiger partial charge in [0.25, 0.3) is 0 Å². The molecule has 0 atom stereocenters. The van der Waals surface area contributed by atoms with Gasteiger partial charge in [0.15, 0.2) is 0 Å². The lowest BCUT2D eigenvalue weighted by Crippen LogP contribution is -2.25. The summed E-state index contributed by atoms with van der Waals surface area (Å²) in [7, 11) is -3.69. The van der Waals surface area contributed by atoms with Crippen LogP contribution in [0.3, 0.4) is 0 Å².